The summed E-state index contributed by atoms with van der Waals surface area (Å²) < 4.78 is 0.718. The smallest absolute Gasteiger partial charge is 0.321 e. The molecule has 0 spiro atoms. The summed E-state index contributed by atoms with van der Waals surface area (Å²) in [6, 6.07) is 3.53. The molecule has 1 N–H and O–H groups in total. The molecule has 0 bridgehead atoms. The van der Waals surface area contributed by atoms with Crippen molar-refractivity contribution in [1.82, 2.24) is 14.9 Å². The van der Waals surface area contributed by atoms with Crippen molar-refractivity contribution in [2.75, 3.05) is 12.4 Å². The fourth-order valence-electron chi connectivity index (χ4n) is 1.74. The Morgan fingerprint density at radius 2 is 1.95 bits per heavy atom. The lowest BCUT2D eigenvalue weighted by Crippen LogP contribution is -2.30. The number of carbonyl (C=O) groups excluding carboxylic acids is 1. The number of nitrogens with zero attached hydrogens (tertiary/aromatic N) is 3. The summed E-state index contributed by atoms with van der Waals surface area (Å²) in [5.74, 6) is 0.743. The highest BCUT2D eigenvalue weighted by Gasteiger charge is 2.17. The van der Waals surface area contributed by atoms with Gasteiger partial charge in [0.2, 0.25) is 0 Å². The van der Waals surface area contributed by atoms with E-state index in [1.165, 1.54) is 11.3 Å². The van der Waals surface area contributed by atoms with E-state index < -0.39 is 0 Å². The molecule has 0 saturated carbocycles. The average Bonchev–Trinajstić information content (AvgIpc) is 2.83. The lowest BCUT2D eigenvalue weighted by Gasteiger charge is -2.18. The number of amides is 2. The van der Waals surface area contributed by atoms with E-state index in [1.54, 1.807) is 24.3 Å². The molecule has 0 aromatic carbocycles. The predicted molar refractivity (Wildman–Crippen MR) is 90.5 cm³/mol. The lowest BCUT2D eigenvalue weighted by atomic mass is 9.96. The fraction of sp³-hybridized carbons (Fsp3) is 0.400. The van der Waals surface area contributed by atoms with Crippen LogP contribution in [-0.2, 0) is 12.0 Å². The number of nitrogens with one attached hydrogen (secondary N) is 1. The van der Waals surface area contributed by atoms with Gasteiger partial charge < -0.3 is 10.2 Å². The van der Waals surface area contributed by atoms with Crippen molar-refractivity contribution in [3.8, 4) is 0 Å². The Morgan fingerprint density at radius 3 is 2.45 bits per heavy atom. The third kappa shape index (κ3) is 4.42. The Balaban J connectivity index is 1.96. The van der Waals surface area contributed by atoms with Crippen molar-refractivity contribution in [2.24, 2.45) is 0 Å². The van der Waals surface area contributed by atoms with E-state index >= 15 is 0 Å². The largest absolute Gasteiger partial charge is 0.322 e. The Kier molecular flexibility index (Phi) is 5.03. The fourth-order valence-corrected chi connectivity index (χ4v) is 2.88. The van der Waals surface area contributed by atoms with Gasteiger partial charge in [0.15, 0.2) is 0 Å². The monoisotopic (exact) mass is 338 g/mol. The Hall–Kier alpha value is -1.66. The van der Waals surface area contributed by atoms with Crippen LogP contribution in [0.4, 0.5) is 10.5 Å². The van der Waals surface area contributed by atoms with Crippen LogP contribution in [-0.4, -0.2) is 27.9 Å². The van der Waals surface area contributed by atoms with Gasteiger partial charge in [-0.2, -0.15) is 0 Å². The number of aromatic nitrogens is 2. The molecule has 0 aliphatic rings. The van der Waals surface area contributed by atoms with Crippen molar-refractivity contribution < 1.29 is 4.79 Å². The third-order valence-corrected chi connectivity index (χ3v) is 4.16. The van der Waals surface area contributed by atoms with Gasteiger partial charge in [0.1, 0.15) is 5.82 Å². The number of carbonyl (C=O) groups is 1. The molecule has 0 aliphatic heterocycles. The molecule has 0 unspecified atom stereocenters. The minimum absolute atomic E-state index is 0.113. The number of urea groups is 1. The van der Waals surface area contributed by atoms with E-state index in [0.29, 0.717) is 12.2 Å². The topological polar surface area (TPSA) is 58.1 Å². The molecule has 0 saturated heterocycles. The summed E-state index contributed by atoms with van der Waals surface area (Å²) in [6.45, 7) is 6.63. The van der Waals surface area contributed by atoms with Gasteiger partial charge in [-0.25, -0.2) is 14.8 Å². The number of halogens is 1. The van der Waals surface area contributed by atoms with Gasteiger partial charge in [0.25, 0.3) is 0 Å². The van der Waals surface area contributed by atoms with Gasteiger partial charge in [-0.15, -0.1) is 11.3 Å². The molecule has 22 heavy (non-hydrogen) atoms. The second kappa shape index (κ2) is 6.62. The average molecular weight is 339 g/mol. The van der Waals surface area contributed by atoms with Crippen LogP contribution in [0.25, 0.3) is 0 Å². The molecule has 2 heterocycles. The number of hydrogen-bond acceptors (Lipinski definition) is 4. The van der Waals surface area contributed by atoms with Crippen LogP contribution in [0.5, 0.6) is 0 Å². The van der Waals surface area contributed by atoms with E-state index in [2.05, 4.69) is 15.3 Å². The molecule has 0 atom stereocenters. The zero-order chi connectivity index (χ0) is 16.3. The van der Waals surface area contributed by atoms with Gasteiger partial charge in [-0.1, -0.05) is 32.4 Å². The van der Waals surface area contributed by atoms with Crippen LogP contribution in [0.15, 0.2) is 24.5 Å². The molecule has 5 nitrogen and oxygen atoms in total. The molecule has 2 rings (SSSR count). The second-order valence-electron chi connectivity index (χ2n) is 6.04. The van der Waals surface area contributed by atoms with E-state index in [9.17, 15) is 4.79 Å². The SMILES string of the molecule is CN(Cc1ccc(Cl)s1)C(=O)Nc1cnc(C(C)(C)C)nc1. The Labute approximate surface area is 139 Å². The molecule has 2 aromatic heterocycles. The van der Waals surface area contributed by atoms with Crippen molar-refractivity contribution in [2.45, 2.75) is 32.7 Å². The number of anilines is 1. The molecule has 2 aromatic rings. The molecule has 0 aliphatic carbocycles. The minimum atomic E-state index is -0.211. The first-order valence-corrected chi connectivity index (χ1v) is 8.04. The van der Waals surface area contributed by atoms with Crippen molar-refractivity contribution in [3.05, 3.63) is 39.6 Å². The third-order valence-electron chi connectivity index (χ3n) is 2.94. The number of rotatable bonds is 3. The highest BCUT2D eigenvalue weighted by Crippen LogP contribution is 2.22. The van der Waals surface area contributed by atoms with Crippen LogP contribution < -0.4 is 5.32 Å². The van der Waals surface area contributed by atoms with Crippen molar-refractivity contribution >= 4 is 34.7 Å². The summed E-state index contributed by atoms with van der Waals surface area (Å²) in [7, 11) is 1.73. The van der Waals surface area contributed by atoms with Gasteiger partial charge in [0, 0.05) is 17.3 Å². The predicted octanol–water partition coefficient (Wildman–Crippen LogP) is 4.15. The Morgan fingerprint density at radius 1 is 1.32 bits per heavy atom. The van der Waals surface area contributed by atoms with E-state index in [-0.39, 0.29) is 11.4 Å². The van der Waals surface area contributed by atoms with Crippen LogP contribution in [0.1, 0.15) is 31.5 Å². The molecule has 7 heteroatoms. The molecular weight excluding hydrogens is 320 g/mol. The quantitative estimate of drug-likeness (QED) is 0.914. The van der Waals surface area contributed by atoms with Crippen molar-refractivity contribution in [3.63, 3.8) is 0 Å². The first-order valence-electron chi connectivity index (χ1n) is 6.84. The van der Waals surface area contributed by atoms with Crippen LogP contribution in [0.3, 0.4) is 0 Å². The highest BCUT2D eigenvalue weighted by atomic mass is 35.5. The summed E-state index contributed by atoms with van der Waals surface area (Å²) in [5.41, 5.74) is 0.465. The van der Waals surface area contributed by atoms with Crippen LogP contribution in [0, 0.1) is 0 Å². The maximum absolute atomic E-state index is 12.1. The zero-order valence-corrected chi connectivity index (χ0v) is 14.6. The van der Waals surface area contributed by atoms with E-state index in [1.807, 2.05) is 32.9 Å². The first kappa shape index (κ1) is 16.7. The number of thiophene rings is 1. The second-order valence-corrected chi connectivity index (χ2v) is 7.84. The van der Waals surface area contributed by atoms with Crippen molar-refractivity contribution in [1.29, 1.82) is 0 Å². The maximum Gasteiger partial charge on any atom is 0.321 e. The normalized spacial score (nSPS) is 11.3. The highest BCUT2D eigenvalue weighted by molar-refractivity contribution is 7.16. The molecular formula is C15H19ClN4OS. The zero-order valence-electron chi connectivity index (χ0n) is 13.1. The lowest BCUT2D eigenvalue weighted by molar-refractivity contribution is 0.221. The van der Waals surface area contributed by atoms with E-state index in [4.69, 9.17) is 11.6 Å². The summed E-state index contributed by atoms with van der Waals surface area (Å²) >= 11 is 7.35. The number of hydrogen-bond donors (Lipinski definition) is 1. The molecule has 2 amide bonds. The maximum atomic E-state index is 12.1. The van der Waals surface area contributed by atoms with Gasteiger partial charge >= 0.3 is 6.03 Å². The Bertz CT molecular complexity index is 648. The van der Waals surface area contributed by atoms with Gasteiger partial charge in [-0.3, -0.25) is 0 Å². The van der Waals surface area contributed by atoms with Gasteiger partial charge in [0.05, 0.1) is 29.0 Å². The van der Waals surface area contributed by atoms with E-state index in [0.717, 1.165) is 15.0 Å². The standard InChI is InChI=1S/C15H19ClN4OS/c1-15(2,3)13-17-7-10(8-18-13)19-14(21)20(4)9-11-5-6-12(16)22-11/h5-8H,9H2,1-4H3,(H,19,21). The summed E-state index contributed by atoms with van der Waals surface area (Å²) in [5, 5.41) is 2.78. The van der Waals surface area contributed by atoms with Crippen LogP contribution >= 0.6 is 22.9 Å². The minimum Gasteiger partial charge on any atom is -0.322 e. The van der Waals surface area contributed by atoms with Gasteiger partial charge in [-0.05, 0) is 12.1 Å². The van der Waals surface area contributed by atoms with Crippen LogP contribution in [0.2, 0.25) is 4.34 Å². The summed E-state index contributed by atoms with van der Waals surface area (Å²) in [6.07, 6.45) is 3.25. The molecule has 0 fully saturated rings. The molecule has 0 radical (unpaired) electrons. The molecule has 118 valence electrons. The first-order chi connectivity index (χ1) is 10.3. The summed E-state index contributed by atoms with van der Waals surface area (Å²) in [4.78, 5) is 23.3.